The molecule has 0 radical (unpaired) electrons. The molecule has 0 spiro atoms. The van der Waals surface area contributed by atoms with Gasteiger partial charge in [-0.25, -0.2) is 0 Å². The number of nitrogens with one attached hydrogen (secondary N) is 3. The number of hydrogen-bond donors (Lipinski definition) is 3. The number of aromatic nitrogens is 6. The van der Waals surface area contributed by atoms with E-state index in [-0.39, 0.29) is 11.9 Å². The van der Waals surface area contributed by atoms with Crippen molar-refractivity contribution in [2.24, 2.45) is 0 Å². The molecule has 5 rings (SSSR count). The summed E-state index contributed by atoms with van der Waals surface area (Å²) in [6.45, 7) is 4.96. The lowest BCUT2D eigenvalue weighted by molar-refractivity contribution is -0.127. The van der Waals surface area contributed by atoms with E-state index >= 15 is 0 Å². The van der Waals surface area contributed by atoms with Crippen molar-refractivity contribution in [2.75, 3.05) is 23.7 Å². The number of H-pyrrole nitrogens is 1. The Hall–Kier alpha value is -3.43. The molecule has 10 nitrogen and oxygen atoms in total. The number of carbonyl (C=O) groups excluding carboxylic acids is 1. The number of aromatic amines is 1. The third kappa shape index (κ3) is 3.65. The van der Waals surface area contributed by atoms with Gasteiger partial charge in [-0.05, 0) is 31.8 Å². The van der Waals surface area contributed by atoms with Crippen LogP contribution in [0.4, 0.5) is 17.5 Å². The summed E-state index contributed by atoms with van der Waals surface area (Å²) in [7, 11) is 0. The van der Waals surface area contributed by atoms with E-state index in [2.05, 4.69) is 42.5 Å². The molecule has 1 saturated heterocycles. The van der Waals surface area contributed by atoms with Gasteiger partial charge in [-0.1, -0.05) is 6.58 Å². The Balaban J connectivity index is 1.37. The maximum atomic E-state index is 12.0. The van der Waals surface area contributed by atoms with Crippen molar-refractivity contribution in [1.29, 1.82) is 0 Å². The lowest BCUT2D eigenvalue weighted by Crippen LogP contribution is -2.44. The van der Waals surface area contributed by atoms with Gasteiger partial charge in [0.1, 0.15) is 5.82 Å². The SMILES string of the molecule is C=CC(=O)N1CCCC(Nc2nc(Nc3cnn(C4CC4)c3)nc3[nH]ncc23)C1. The monoisotopic (exact) mass is 393 g/mol. The minimum Gasteiger partial charge on any atom is -0.365 e. The molecule has 2 fully saturated rings. The Morgan fingerprint density at radius 3 is 3.00 bits per heavy atom. The number of nitrogens with zero attached hydrogens (tertiary/aromatic N) is 6. The van der Waals surface area contributed by atoms with Crippen LogP contribution in [0.5, 0.6) is 0 Å². The molecule has 1 aliphatic carbocycles. The lowest BCUT2D eigenvalue weighted by atomic mass is 10.1. The molecule has 4 heterocycles. The Morgan fingerprint density at radius 1 is 1.28 bits per heavy atom. The van der Waals surface area contributed by atoms with Crippen LogP contribution < -0.4 is 10.6 Å². The number of anilines is 3. The first kappa shape index (κ1) is 17.7. The molecule has 10 heteroatoms. The van der Waals surface area contributed by atoms with Gasteiger partial charge < -0.3 is 15.5 Å². The molecule has 1 saturated carbocycles. The third-order valence-corrected chi connectivity index (χ3v) is 5.34. The van der Waals surface area contributed by atoms with Crippen LogP contribution in [0.15, 0.2) is 31.2 Å². The highest BCUT2D eigenvalue weighted by Gasteiger charge is 2.25. The van der Waals surface area contributed by atoms with Gasteiger partial charge in [0, 0.05) is 25.3 Å². The molecular formula is C19H23N9O. The van der Waals surface area contributed by atoms with Gasteiger partial charge in [-0.2, -0.15) is 20.2 Å². The summed E-state index contributed by atoms with van der Waals surface area (Å²) in [5, 5.41) is 18.9. The van der Waals surface area contributed by atoms with E-state index in [1.807, 2.05) is 15.8 Å². The average Bonchev–Trinajstić information content (AvgIpc) is 3.29. The van der Waals surface area contributed by atoms with Crippen LogP contribution in [0.1, 0.15) is 31.7 Å². The number of rotatable bonds is 6. The highest BCUT2D eigenvalue weighted by Crippen LogP contribution is 2.34. The van der Waals surface area contributed by atoms with E-state index in [0.29, 0.717) is 30.0 Å². The molecule has 1 aliphatic heterocycles. The quantitative estimate of drug-likeness (QED) is 0.550. The van der Waals surface area contributed by atoms with Crippen LogP contribution in [0.2, 0.25) is 0 Å². The predicted octanol–water partition coefficient (Wildman–Crippen LogP) is 2.22. The first-order valence-electron chi connectivity index (χ1n) is 9.90. The van der Waals surface area contributed by atoms with Crippen LogP contribution in [0.3, 0.4) is 0 Å². The van der Waals surface area contributed by atoms with Crippen LogP contribution in [0.25, 0.3) is 11.0 Å². The fraction of sp³-hybridized carbons (Fsp3) is 0.421. The van der Waals surface area contributed by atoms with E-state index in [0.717, 1.165) is 30.5 Å². The zero-order chi connectivity index (χ0) is 19.8. The standard InChI is InChI=1S/C19H23N9O/c1-2-16(29)27-7-3-4-12(10-27)22-17-15-9-20-26-18(15)25-19(24-17)23-13-8-21-28(11-13)14-5-6-14/h2,8-9,11-12,14H,1,3-7,10H2,(H3,20,22,23,24,25,26). The van der Waals surface area contributed by atoms with E-state index in [4.69, 9.17) is 0 Å². The van der Waals surface area contributed by atoms with Gasteiger partial charge in [0.05, 0.1) is 29.5 Å². The summed E-state index contributed by atoms with van der Waals surface area (Å²) in [4.78, 5) is 23.0. The summed E-state index contributed by atoms with van der Waals surface area (Å²) < 4.78 is 1.98. The number of amides is 1. The van der Waals surface area contributed by atoms with Crippen molar-refractivity contribution < 1.29 is 4.79 Å². The second kappa shape index (κ2) is 7.19. The summed E-state index contributed by atoms with van der Waals surface area (Å²) in [6, 6.07) is 0.623. The minimum absolute atomic E-state index is 0.0392. The molecule has 29 heavy (non-hydrogen) atoms. The van der Waals surface area contributed by atoms with Crippen molar-refractivity contribution in [1.82, 2.24) is 34.8 Å². The van der Waals surface area contributed by atoms with E-state index in [1.165, 1.54) is 18.9 Å². The number of fused-ring (bicyclic) bond motifs is 1. The first-order chi connectivity index (χ1) is 14.2. The summed E-state index contributed by atoms with van der Waals surface area (Å²) in [6.07, 6.45) is 11.1. The fourth-order valence-corrected chi connectivity index (χ4v) is 3.69. The molecule has 0 bridgehead atoms. The first-order valence-corrected chi connectivity index (χ1v) is 9.90. The van der Waals surface area contributed by atoms with Crippen LogP contribution in [0, 0.1) is 0 Å². The minimum atomic E-state index is -0.0392. The van der Waals surface area contributed by atoms with Crippen molar-refractivity contribution in [3.63, 3.8) is 0 Å². The molecule has 150 valence electrons. The molecule has 3 N–H and O–H groups in total. The third-order valence-electron chi connectivity index (χ3n) is 5.34. The smallest absolute Gasteiger partial charge is 0.246 e. The normalized spacial score (nSPS) is 19.3. The molecule has 1 amide bonds. The van der Waals surface area contributed by atoms with Crippen LogP contribution >= 0.6 is 0 Å². The molecule has 1 unspecified atom stereocenters. The Bertz CT molecular complexity index is 1050. The maximum Gasteiger partial charge on any atom is 0.246 e. The Labute approximate surface area is 167 Å². The molecule has 3 aromatic rings. The largest absolute Gasteiger partial charge is 0.365 e. The highest BCUT2D eigenvalue weighted by atomic mass is 16.2. The maximum absolute atomic E-state index is 12.0. The van der Waals surface area contributed by atoms with Gasteiger partial charge in [-0.3, -0.25) is 14.6 Å². The lowest BCUT2D eigenvalue weighted by Gasteiger charge is -2.32. The van der Waals surface area contributed by atoms with Crippen molar-refractivity contribution in [3.8, 4) is 0 Å². The summed E-state index contributed by atoms with van der Waals surface area (Å²) in [5.41, 5.74) is 1.50. The Kier molecular flexibility index (Phi) is 4.38. The molecular weight excluding hydrogens is 370 g/mol. The zero-order valence-corrected chi connectivity index (χ0v) is 16.0. The van der Waals surface area contributed by atoms with Gasteiger partial charge >= 0.3 is 0 Å². The Morgan fingerprint density at radius 2 is 2.17 bits per heavy atom. The van der Waals surface area contributed by atoms with Crippen molar-refractivity contribution in [2.45, 2.75) is 37.8 Å². The van der Waals surface area contributed by atoms with E-state index < -0.39 is 0 Å². The van der Waals surface area contributed by atoms with Gasteiger partial charge in [0.15, 0.2) is 5.65 Å². The number of hydrogen-bond acceptors (Lipinski definition) is 7. The van der Waals surface area contributed by atoms with E-state index in [9.17, 15) is 4.79 Å². The van der Waals surface area contributed by atoms with Gasteiger partial charge in [0.2, 0.25) is 11.9 Å². The van der Waals surface area contributed by atoms with Crippen LogP contribution in [-0.4, -0.2) is 59.9 Å². The average molecular weight is 393 g/mol. The highest BCUT2D eigenvalue weighted by molar-refractivity contribution is 5.88. The van der Waals surface area contributed by atoms with Gasteiger partial charge in [0.25, 0.3) is 0 Å². The fourth-order valence-electron chi connectivity index (χ4n) is 3.69. The number of carbonyl (C=O) groups is 1. The molecule has 1 atom stereocenters. The second-order valence-electron chi connectivity index (χ2n) is 7.57. The topological polar surface area (TPSA) is 117 Å². The van der Waals surface area contributed by atoms with E-state index in [1.54, 1.807) is 12.4 Å². The number of likely N-dealkylation sites (tertiary alicyclic amines) is 1. The molecule has 0 aromatic carbocycles. The zero-order valence-electron chi connectivity index (χ0n) is 16.0. The summed E-state index contributed by atoms with van der Waals surface area (Å²) >= 11 is 0. The molecule has 3 aromatic heterocycles. The van der Waals surface area contributed by atoms with Crippen molar-refractivity contribution in [3.05, 3.63) is 31.2 Å². The number of piperidine rings is 1. The molecule has 2 aliphatic rings. The second-order valence-corrected chi connectivity index (χ2v) is 7.57. The van der Waals surface area contributed by atoms with Crippen molar-refractivity contribution >= 4 is 34.4 Å². The summed E-state index contributed by atoms with van der Waals surface area (Å²) in [5.74, 6) is 1.12. The van der Waals surface area contributed by atoms with Crippen LogP contribution in [-0.2, 0) is 4.79 Å². The van der Waals surface area contributed by atoms with Gasteiger partial charge in [-0.15, -0.1) is 0 Å². The predicted molar refractivity (Wildman–Crippen MR) is 109 cm³/mol.